The van der Waals surface area contributed by atoms with Gasteiger partial charge in [0.15, 0.2) is 5.13 Å². The number of thiazole rings is 1. The number of carbonyl (C=O) groups excluding carboxylic acids is 1. The fraction of sp³-hybridized carbons (Fsp3) is 0.333. The molecule has 6 nitrogen and oxygen atoms in total. The Bertz CT molecular complexity index is 1390. The number of hydrogen-bond acceptors (Lipinski definition) is 7. The fourth-order valence-corrected chi connectivity index (χ4v) is 6.39. The Morgan fingerprint density at radius 2 is 1.85 bits per heavy atom. The molecule has 0 aliphatic carbocycles. The molecule has 33 heavy (non-hydrogen) atoms. The van der Waals surface area contributed by atoms with Crippen LogP contribution in [-0.4, -0.2) is 26.1 Å². The average Bonchev–Trinajstić information content (AvgIpc) is 3.29. The Morgan fingerprint density at radius 3 is 2.55 bits per heavy atom. The highest BCUT2D eigenvalue weighted by molar-refractivity contribution is 7.99. The molecule has 1 unspecified atom stereocenters. The Balaban J connectivity index is 1.42. The number of thiophene rings is 1. The number of anilines is 1. The van der Waals surface area contributed by atoms with E-state index in [9.17, 15) is 9.59 Å². The molecule has 1 aromatic carbocycles. The summed E-state index contributed by atoms with van der Waals surface area (Å²) in [5.74, 6) is 0.908. The van der Waals surface area contributed by atoms with Crippen molar-refractivity contribution < 1.29 is 4.79 Å². The van der Waals surface area contributed by atoms with Gasteiger partial charge in [0.25, 0.3) is 5.56 Å². The summed E-state index contributed by atoms with van der Waals surface area (Å²) in [5.41, 5.74) is 6.43. The number of amides is 1. The smallest absolute Gasteiger partial charge is 0.259 e. The van der Waals surface area contributed by atoms with Gasteiger partial charge in [0, 0.05) is 15.8 Å². The van der Waals surface area contributed by atoms with Gasteiger partial charge in [-0.2, -0.15) is 0 Å². The van der Waals surface area contributed by atoms with Crippen LogP contribution in [0.25, 0.3) is 21.5 Å². The predicted octanol–water partition coefficient (Wildman–Crippen LogP) is 5.91. The maximum Gasteiger partial charge on any atom is 0.259 e. The minimum Gasteiger partial charge on any atom is -0.309 e. The van der Waals surface area contributed by atoms with Crippen molar-refractivity contribution in [3.63, 3.8) is 0 Å². The number of carbonyl (C=O) groups is 1. The van der Waals surface area contributed by atoms with E-state index in [0.717, 1.165) is 26.5 Å². The molecule has 0 aliphatic rings. The van der Waals surface area contributed by atoms with Gasteiger partial charge in [-0.1, -0.05) is 17.7 Å². The lowest BCUT2D eigenvalue weighted by molar-refractivity contribution is -0.115. The highest BCUT2D eigenvalue weighted by Crippen LogP contribution is 2.31. The Labute approximate surface area is 204 Å². The van der Waals surface area contributed by atoms with E-state index in [2.05, 4.69) is 53.2 Å². The molecule has 4 aromatic rings. The lowest BCUT2D eigenvalue weighted by Gasteiger charge is -2.10. The fourth-order valence-electron chi connectivity index (χ4n) is 3.88. The van der Waals surface area contributed by atoms with E-state index in [0.29, 0.717) is 22.1 Å². The number of nitrogens with zero attached hydrogens (tertiary/aromatic N) is 2. The summed E-state index contributed by atoms with van der Waals surface area (Å²) < 4.78 is 0. The number of aryl methyl sites for hydroxylation is 5. The Morgan fingerprint density at radius 1 is 1.15 bits per heavy atom. The first-order chi connectivity index (χ1) is 15.6. The van der Waals surface area contributed by atoms with Gasteiger partial charge in [-0.05, 0) is 58.2 Å². The highest BCUT2D eigenvalue weighted by Gasteiger charge is 2.18. The zero-order valence-corrected chi connectivity index (χ0v) is 21.9. The summed E-state index contributed by atoms with van der Waals surface area (Å²) >= 11 is 4.38. The van der Waals surface area contributed by atoms with Gasteiger partial charge in [0.05, 0.1) is 22.1 Å². The number of aromatic nitrogens is 3. The first-order valence-electron chi connectivity index (χ1n) is 10.6. The second-order valence-corrected chi connectivity index (χ2v) is 11.6. The SMILES string of the molecule is Cc1cc(C)c(-c2csc(NC(=O)C(C)SCc3nc4sc(C)c(C)c4c(=O)[nH]3)n2)c(C)c1. The zero-order valence-electron chi connectivity index (χ0n) is 19.5. The van der Waals surface area contributed by atoms with Crippen molar-refractivity contribution in [3.05, 3.63) is 60.8 Å². The number of thioether (sulfide) groups is 1. The van der Waals surface area contributed by atoms with Crippen molar-refractivity contribution in [3.8, 4) is 11.3 Å². The molecule has 2 N–H and O–H groups in total. The molecule has 0 spiro atoms. The highest BCUT2D eigenvalue weighted by atomic mass is 32.2. The number of rotatable bonds is 6. The van der Waals surface area contributed by atoms with Gasteiger partial charge in [-0.15, -0.1) is 34.4 Å². The number of benzene rings is 1. The lowest BCUT2D eigenvalue weighted by atomic mass is 9.98. The summed E-state index contributed by atoms with van der Waals surface area (Å²) in [6.45, 7) is 12.0. The molecule has 0 radical (unpaired) electrons. The maximum atomic E-state index is 12.7. The van der Waals surface area contributed by atoms with Crippen molar-refractivity contribution in [2.75, 3.05) is 5.32 Å². The summed E-state index contributed by atoms with van der Waals surface area (Å²) in [7, 11) is 0. The predicted molar refractivity (Wildman–Crippen MR) is 141 cm³/mol. The first kappa shape index (κ1) is 23.7. The largest absolute Gasteiger partial charge is 0.309 e. The molecule has 1 amide bonds. The second kappa shape index (κ2) is 9.40. The molecule has 0 saturated carbocycles. The molecule has 0 saturated heterocycles. The topological polar surface area (TPSA) is 87.7 Å². The lowest BCUT2D eigenvalue weighted by Crippen LogP contribution is -2.23. The molecule has 0 fully saturated rings. The minimum absolute atomic E-state index is 0.119. The van der Waals surface area contributed by atoms with Crippen LogP contribution in [0.4, 0.5) is 5.13 Å². The van der Waals surface area contributed by atoms with Gasteiger partial charge < -0.3 is 10.3 Å². The first-order valence-corrected chi connectivity index (χ1v) is 13.3. The van der Waals surface area contributed by atoms with E-state index < -0.39 is 0 Å². The third kappa shape index (κ3) is 4.90. The second-order valence-electron chi connectivity index (χ2n) is 8.23. The van der Waals surface area contributed by atoms with Gasteiger partial charge in [0.1, 0.15) is 10.7 Å². The van der Waals surface area contributed by atoms with Crippen molar-refractivity contribution in [2.45, 2.75) is 52.5 Å². The van der Waals surface area contributed by atoms with E-state index in [1.165, 1.54) is 51.1 Å². The van der Waals surface area contributed by atoms with Crippen LogP contribution in [0.3, 0.4) is 0 Å². The number of hydrogen-bond donors (Lipinski definition) is 2. The third-order valence-corrected chi connectivity index (χ3v) is 8.61. The van der Waals surface area contributed by atoms with Gasteiger partial charge in [-0.25, -0.2) is 9.97 Å². The quantitative estimate of drug-likeness (QED) is 0.345. The minimum atomic E-state index is -0.326. The van der Waals surface area contributed by atoms with Gasteiger partial charge in [0.2, 0.25) is 5.91 Å². The summed E-state index contributed by atoms with van der Waals surface area (Å²) in [5, 5.41) is 5.83. The summed E-state index contributed by atoms with van der Waals surface area (Å²) in [6, 6.07) is 4.29. The van der Waals surface area contributed by atoms with E-state index in [-0.39, 0.29) is 16.7 Å². The molecule has 4 rings (SSSR count). The molecule has 0 aliphatic heterocycles. The van der Waals surface area contributed by atoms with Crippen LogP contribution in [0.2, 0.25) is 0 Å². The molecular weight excluding hydrogens is 472 g/mol. The van der Waals surface area contributed by atoms with E-state index in [1.807, 2.05) is 26.2 Å². The average molecular weight is 499 g/mol. The van der Waals surface area contributed by atoms with Crippen LogP contribution < -0.4 is 10.9 Å². The van der Waals surface area contributed by atoms with Crippen LogP contribution in [0.15, 0.2) is 22.3 Å². The number of H-pyrrole nitrogens is 1. The Kier molecular flexibility index (Phi) is 6.74. The maximum absolute atomic E-state index is 12.7. The van der Waals surface area contributed by atoms with Gasteiger partial charge >= 0.3 is 0 Å². The van der Waals surface area contributed by atoms with Crippen molar-refractivity contribution >= 4 is 55.7 Å². The molecule has 3 heterocycles. The normalized spacial score (nSPS) is 12.3. The van der Waals surface area contributed by atoms with Crippen molar-refractivity contribution in [1.29, 1.82) is 0 Å². The van der Waals surface area contributed by atoms with E-state index >= 15 is 0 Å². The summed E-state index contributed by atoms with van der Waals surface area (Å²) in [6.07, 6.45) is 0. The van der Waals surface area contributed by atoms with Crippen molar-refractivity contribution in [2.24, 2.45) is 0 Å². The van der Waals surface area contributed by atoms with Crippen LogP contribution in [0.1, 0.15) is 39.9 Å². The van der Waals surface area contributed by atoms with Crippen LogP contribution in [0, 0.1) is 34.6 Å². The molecule has 172 valence electrons. The monoisotopic (exact) mass is 498 g/mol. The van der Waals surface area contributed by atoms with E-state index in [4.69, 9.17) is 0 Å². The van der Waals surface area contributed by atoms with E-state index in [1.54, 1.807) is 0 Å². The number of nitrogens with one attached hydrogen (secondary N) is 2. The van der Waals surface area contributed by atoms with Crippen molar-refractivity contribution in [1.82, 2.24) is 15.0 Å². The molecule has 3 aromatic heterocycles. The van der Waals surface area contributed by atoms with Crippen LogP contribution in [0.5, 0.6) is 0 Å². The molecule has 9 heteroatoms. The number of fused-ring (bicyclic) bond motifs is 1. The standard InChI is InChI=1S/C24H26N4O2S3/c1-11-7-12(2)19(13(3)8-11)17-9-32-24(25-17)28-21(29)16(6)31-10-18-26-22(30)20-14(4)15(5)33-23(20)27-18/h7-9,16H,10H2,1-6H3,(H,25,28,29)(H,26,27,30). The van der Waals surface area contributed by atoms with Crippen LogP contribution in [-0.2, 0) is 10.5 Å². The third-order valence-electron chi connectivity index (χ3n) is 5.59. The number of aromatic amines is 1. The molecular formula is C24H26N4O2S3. The van der Waals surface area contributed by atoms with Gasteiger partial charge in [-0.3, -0.25) is 9.59 Å². The summed E-state index contributed by atoms with van der Waals surface area (Å²) in [4.78, 5) is 39.1. The van der Waals surface area contributed by atoms with Crippen LogP contribution >= 0.6 is 34.4 Å². The molecule has 1 atom stereocenters. The zero-order chi connectivity index (χ0) is 23.9. The Hall–Kier alpha value is -2.49. The molecule has 0 bridgehead atoms.